The van der Waals surface area contributed by atoms with Gasteiger partial charge in [-0.15, -0.1) is 0 Å². The van der Waals surface area contributed by atoms with Crippen LogP contribution in [-0.4, -0.2) is 44.7 Å². The summed E-state index contributed by atoms with van der Waals surface area (Å²) in [6, 6.07) is 9.61. The molecule has 0 bridgehead atoms. The highest BCUT2D eigenvalue weighted by atomic mass is 32.2. The van der Waals surface area contributed by atoms with Gasteiger partial charge in [0.05, 0.1) is 16.8 Å². The first kappa shape index (κ1) is 23.4. The van der Waals surface area contributed by atoms with Crippen molar-refractivity contribution in [1.82, 2.24) is 9.97 Å². The molecule has 0 aliphatic heterocycles. The summed E-state index contributed by atoms with van der Waals surface area (Å²) in [5, 5.41) is 12.4. The number of nitrogens with one attached hydrogen (secondary N) is 1. The average Bonchev–Trinajstić information content (AvgIpc) is 2.69. The number of hydrogen-bond acceptors (Lipinski definition) is 8. The molecular formula is C19H19N4O7PS. The van der Waals surface area contributed by atoms with Gasteiger partial charge in [0.25, 0.3) is 5.91 Å². The van der Waals surface area contributed by atoms with Crippen molar-refractivity contribution in [2.45, 2.75) is 11.8 Å². The Morgan fingerprint density at radius 1 is 1.16 bits per heavy atom. The number of sulfone groups is 1. The van der Waals surface area contributed by atoms with Gasteiger partial charge in [-0.25, -0.2) is 18.4 Å². The molecule has 0 saturated carbocycles. The van der Waals surface area contributed by atoms with E-state index in [2.05, 4.69) is 15.3 Å². The molecule has 168 valence electrons. The number of phenolic OH excluding ortho intramolecular Hbond substituents is 1. The Kier molecular flexibility index (Phi) is 6.33. The van der Waals surface area contributed by atoms with Crippen molar-refractivity contribution in [1.29, 1.82) is 0 Å². The molecule has 1 aromatic heterocycles. The standard InChI is InChI=1S/C19H19N4O7PS/c1-11-2-3-12(8-16(11)24)15-9-21-18(20)17(23-15)19(25)22-13-4-6-14(7-5-13)32(29,30)10-31(26,27)28/h2-9,24H,10H2,1H3,(H2,20,21)(H,22,25)(H2,26,27,28). The number of benzene rings is 2. The van der Waals surface area contributed by atoms with Gasteiger partial charge in [-0.3, -0.25) is 9.36 Å². The van der Waals surface area contributed by atoms with Crippen LogP contribution in [0.2, 0.25) is 0 Å². The normalized spacial score (nSPS) is 11.8. The van der Waals surface area contributed by atoms with Gasteiger partial charge >= 0.3 is 7.60 Å². The number of aryl methyl sites for hydroxylation is 1. The van der Waals surface area contributed by atoms with E-state index in [1.807, 2.05) is 0 Å². The first-order valence-electron chi connectivity index (χ1n) is 8.97. The van der Waals surface area contributed by atoms with Gasteiger partial charge in [-0.1, -0.05) is 12.1 Å². The highest BCUT2D eigenvalue weighted by molar-refractivity contribution is 7.97. The molecule has 0 aliphatic carbocycles. The summed E-state index contributed by atoms with van der Waals surface area (Å²) in [5.74, 6) is -0.789. The fraction of sp³-hybridized carbons (Fsp3) is 0.105. The molecule has 0 fully saturated rings. The van der Waals surface area contributed by atoms with E-state index in [0.29, 0.717) is 16.8 Å². The van der Waals surface area contributed by atoms with E-state index in [0.717, 1.165) is 12.1 Å². The van der Waals surface area contributed by atoms with E-state index in [1.54, 1.807) is 19.1 Å². The zero-order valence-electron chi connectivity index (χ0n) is 16.6. The minimum Gasteiger partial charge on any atom is -0.508 e. The third-order valence-corrected chi connectivity index (χ3v) is 8.03. The highest BCUT2D eigenvalue weighted by Crippen LogP contribution is 2.38. The number of nitrogens with two attached hydrogens (primary N) is 1. The monoisotopic (exact) mass is 478 g/mol. The second-order valence-corrected chi connectivity index (χ2v) is 10.9. The van der Waals surface area contributed by atoms with Crippen molar-refractivity contribution < 1.29 is 32.7 Å². The van der Waals surface area contributed by atoms with Gasteiger partial charge in [0.15, 0.2) is 26.8 Å². The first-order chi connectivity index (χ1) is 14.9. The first-order valence-corrected chi connectivity index (χ1v) is 12.4. The van der Waals surface area contributed by atoms with E-state index < -0.39 is 28.8 Å². The van der Waals surface area contributed by atoms with Crippen molar-refractivity contribution in [3.63, 3.8) is 0 Å². The number of rotatable bonds is 6. The summed E-state index contributed by atoms with van der Waals surface area (Å²) in [4.78, 5) is 38.3. The van der Waals surface area contributed by atoms with E-state index in [4.69, 9.17) is 15.5 Å². The molecule has 3 rings (SSSR count). The maximum atomic E-state index is 12.6. The molecule has 0 aliphatic rings. The molecule has 32 heavy (non-hydrogen) atoms. The topological polar surface area (TPSA) is 193 Å². The zero-order valence-corrected chi connectivity index (χ0v) is 18.3. The molecular weight excluding hydrogens is 459 g/mol. The Morgan fingerprint density at radius 2 is 1.81 bits per heavy atom. The van der Waals surface area contributed by atoms with Crippen LogP contribution in [0.5, 0.6) is 5.75 Å². The summed E-state index contributed by atoms with van der Waals surface area (Å²) >= 11 is 0. The lowest BCUT2D eigenvalue weighted by atomic mass is 10.1. The van der Waals surface area contributed by atoms with Crippen LogP contribution in [0, 0.1) is 6.92 Å². The molecule has 1 heterocycles. The average molecular weight is 478 g/mol. The minimum atomic E-state index is -4.77. The number of carbonyl (C=O) groups is 1. The number of aromatic hydroxyl groups is 1. The molecule has 2 aromatic carbocycles. The SMILES string of the molecule is Cc1ccc(-c2cnc(N)c(C(=O)Nc3ccc(S(=O)(=O)CP(=O)(O)O)cc3)n2)cc1O. The van der Waals surface area contributed by atoms with Gasteiger partial charge < -0.3 is 25.9 Å². The number of anilines is 2. The predicted octanol–water partition coefficient (Wildman–Crippen LogP) is 1.90. The number of phenols is 1. The third-order valence-electron chi connectivity index (χ3n) is 4.33. The number of amides is 1. The van der Waals surface area contributed by atoms with Gasteiger partial charge in [0.2, 0.25) is 0 Å². The van der Waals surface area contributed by atoms with Crippen molar-refractivity contribution in [2.75, 3.05) is 16.5 Å². The molecule has 0 unspecified atom stereocenters. The second-order valence-electron chi connectivity index (χ2n) is 6.88. The van der Waals surface area contributed by atoms with Gasteiger partial charge in [-0.2, -0.15) is 0 Å². The molecule has 6 N–H and O–H groups in total. The van der Waals surface area contributed by atoms with Crippen molar-refractivity contribution in [3.05, 3.63) is 59.9 Å². The maximum absolute atomic E-state index is 12.6. The quantitative estimate of drug-likeness (QED) is 0.327. The fourth-order valence-corrected chi connectivity index (χ4v) is 5.62. The van der Waals surface area contributed by atoms with Crippen LogP contribution >= 0.6 is 7.60 Å². The maximum Gasteiger partial charge on any atom is 0.340 e. The zero-order chi connectivity index (χ0) is 23.7. The lowest BCUT2D eigenvalue weighted by Crippen LogP contribution is -2.17. The largest absolute Gasteiger partial charge is 0.508 e. The van der Waals surface area contributed by atoms with E-state index in [-0.39, 0.29) is 27.8 Å². The molecule has 0 saturated heterocycles. The van der Waals surface area contributed by atoms with Crippen LogP contribution < -0.4 is 11.1 Å². The summed E-state index contributed by atoms with van der Waals surface area (Å²) in [6.45, 7) is 1.73. The van der Waals surface area contributed by atoms with E-state index in [9.17, 15) is 22.9 Å². The van der Waals surface area contributed by atoms with Gasteiger partial charge in [0.1, 0.15) is 5.75 Å². The fourth-order valence-electron chi connectivity index (χ4n) is 2.71. The van der Waals surface area contributed by atoms with Crippen LogP contribution in [0.25, 0.3) is 11.3 Å². The summed E-state index contributed by atoms with van der Waals surface area (Å²) < 4.78 is 35.1. The number of aromatic nitrogens is 2. The Hall–Kier alpha value is -3.31. The number of carbonyl (C=O) groups excluding carboxylic acids is 1. The Labute approximate surface area is 183 Å². The van der Waals surface area contributed by atoms with Gasteiger partial charge in [0, 0.05) is 11.3 Å². The molecule has 1 amide bonds. The van der Waals surface area contributed by atoms with Gasteiger partial charge in [-0.05, 0) is 42.8 Å². The Morgan fingerprint density at radius 3 is 2.41 bits per heavy atom. The minimum absolute atomic E-state index is 0.0564. The van der Waals surface area contributed by atoms with Crippen molar-refractivity contribution in [2.24, 2.45) is 0 Å². The lowest BCUT2D eigenvalue weighted by molar-refractivity contribution is 0.102. The highest BCUT2D eigenvalue weighted by Gasteiger charge is 2.26. The van der Waals surface area contributed by atoms with Crippen LogP contribution in [-0.2, 0) is 14.4 Å². The summed E-state index contributed by atoms with van der Waals surface area (Å²) in [5.41, 5.74) is 5.97. The number of hydrogen-bond donors (Lipinski definition) is 5. The number of nitrogens with zero attached hydrogens (tertiary/aromatic N) is 2. The Balaban J connectivity index is 1.83. The van der Waals surface area contributed by atoms with Crippen LogP contribution in [0.3, 0.4) is 0 Å². The third kappa shape index (κ3) is 5.48. The van der Waals surface area contributed by atoms with E-state index in [1.165, 1.54) is 24.4 Å². The molecule has 0 radical (unpaired) electrons. The second kappa shape index (κ2) is 8.67. The van der Waals surface area contributed by atoms with Crippen LogP contribution in [0.15, 0.2) is 53.6 Å². The van der Waals surface area contributed by atoms with Crippen LogP contribution in [0.1, 0.15) is 16.1 Å². The number of nitrogen functional groups attached to an aromatic ring is 1. The van der Waals surface area contributed by atoms with Crippen molar-refractivity contribution in [3.8, 4) is 17.0 Å². The molecule has 11 nitrogen and oxygen atoms in total. The van der Waals surface area contributed by atoms with Crippen molar-refractivity contribution >= 4 is 34.8 Å². The van der Waals surface area contributed by atoms with E-state index >= 15 is 0 Å². The smallest absolute Gasteiger partial charge is 0.340 e. The van der Waals surface area contributed by atoms with Crippen LogP contribution in [0.4, 0.5) is 11.5 Å². The summed E-state index contributed by atoms with van der Waals surface area (Å²) in [7, 11) is -8.98. The summed E-state index contributed by atoms with van der Waals surface area (Å²) in [6.07, 6.45) is 1.36. The predicted molar refractivity (Wildman–Crippen MR) is 117 cm³/mol. The molecule has 3 aromatic rings. The molecule has 0 atom stereocenters. The Bertz CT molecular complexity index is 1340. The molecule has 0 spiro atoms. The lowest BCUT2D eigenvalue weighted by Gasteiger charge is -2.10. The molecule has 13 heteroatoms.